The summed E-state index contributed by atoms with van der Waals surface area (Å²) in [4.78, 5) is 2.64. The van der Waals surface area contributed by atoms with Crippen molar-refractivity contribution in [2.75, 3.05) is 40.2 Å². The van der Waals surface area contributed by atoms with E-state index in [-0.39, 0.29) is 17.7 Å². The molecule has 1 aliphatic carbocycles. The van der Waals surface area contributed by atoms with Crippen LogP contribution in [0.5, 0.6) is 0 Å². The number of piperidine rings is 1. The van der Waals surface area contributed by atoms with Gasteiger partial charge in [0.05, 0.1) is 25.4 Å². The number of rotatable bonds is 8. The van der Waals surface area contributed by atoms with Crippen molar-refractivity contribution in [3.05, 3.63) is 35.9 Å². The fourth-order valence-corrected chi connectivity index (χ4v) is 4.41. The Morgan fingerprint density at radius 3 is 2.38 bits per heavy atom. The van der Waals surface area contributed by atoms with Crippen molar-refractivity contribution in [3.63, 3.8) is 0 Å². The van der Waals surface area contributed by atoms with E-state index in [9.17, 15) is 5.11 Å². The first-order valence-electron chi connectivity index (χ1n) is 9.91. The molecule has 1 saturated heterocycles. The normalized spacial score (nSPS) is 28.3. The van der Waals surface area contributed by atoms with Crippen LogP contribution < -0.4 is 0 Å². The average molecular weight is 363 g/mol. The van der Waals surface area contributed by atoms with Crippen LogP contribution in [0.2, 0.25) is 0 Å². The van der Waals surface area contributed by atoms with Crippen LogP contribution in [0, 0.1) is 0 Å². The van der Waals surface area contributed by atoms with Crippen LogP contribution in [-0.2, 0) is 19.7 Å². The molecular formula is C21H33NO4. The van der Waals surface area contributed by atoms with Crippen LogP contribution in [0.15, 0.2) is 30.3 Å². The fraction of sp³-hybridized carbons (Fsp3) is 0.714. The van der Waals surface area contributed by atoms with Gasteiger partial charge in [0, 0.05) is 25.7 Å². The molecule has 0 aromatic heterocycles. The zero-order valence-electron chi connectivity index (χ0n) is 15.9. The van der Waals surface area contributed by atoms with Gasteiger partial charge in [-0.05, 0) is 44.1 Å². The lowest BCUT2D eigenvalue weighted by atomic mass is 9.73. The lowest BCUT2D eigenvalue weighted by Gasteiger charge is -2.50. The van der Waals surface area contributed by atoms with Crippen molar-refractivity contribution in [1.29, 1.82) is 0 Å². The number of nitrogens with zero attached hydrogens (tertiary/aromatic N) is 1. The number of methoxy groups -OCH3 is 1. The maximum Gasteiger partial charge on any atom is 0.147 e. The zero-order chi connectivity index (χ0) is 18.2. The number of ether oxygens (including phenoxy) is 3. The number of likely N-dealkylation sites (tertiary alicyclic amines) is 1. The lowest BCUT2D eigenvalue weighted by molar-refractivity contribution is -0.120. The zero-order valence-corrected chi connectivity index (χ0v) is 15.9. The quantitative estimate of drug-likeness (QED) is 0.568. The summed E-state index contributed by atoms with van der Waals surface area (Å²) in [6.07, 6.45) is 6.04. The van der Waals surface area contributed by atoms with Gasteiger partial charge in [0.1, 0.15) is 6.79 Å². The predicted octanol–water partition coefficient (Wildman–Crippen LogP) is 2.92. The van der Waals surface area contributed by atoms with E-state index in [1.807, 2.05) is 0 Å². The van der Waals surface area contributed by atoms with E-state index in [4.69, 9.17) is 14.2 Å². The number of hydrogen-bond donors (Lipinski definition) is 1. The molecule has 5 nitrogen and oxygen atoms in total. The van der Waals surface area contributed by atoms with Crippen molar-refractivity contribution >= 4 is 0 Å². The van der Waals surface area contributed by atoms with Gasteiger partial charge in [-0.15, -0.1) is 0 Å². The highest BCUT2D eigenvalue weighted by atomic mass is 16.7. The number of aliphatic hydroxyl groups is 1. The maximum atomic E-state index is 10.0. The van der Waals surface area contributed by atoms with E-state index in [0.717, 1.165) is 51.6 Å². The second-order valence-corrected chi connectivity index (χ2v) is 7.50. The minimum Gasteiger partial charge on any atom is -0.393 e. The Hall–Kier alpha value is -0.980. The van der Waals surface area contributed by atoms with Gasteiger partial charge in [0.25, 0.3) is 0 Å². The molecule has 0 atom stereocenters. The smallest absolute Gasteiger partial charge is 0.147 e. The molecule has 1 saturated carbocycles. The Morgan fingerprint density at radius 1 is 1.04 bits per heavy atom. The fourth-order valence-electron chi connectivity index (χ4n) is 4.41. The summed E-state index contributed by atoms with van der Waals surface area (Å²) in [5.74, 6) is 0. The molecule has 1 aliphatic heterocycles. The highest BCUT2D eigenvalue weighted by Crippen LogP contribution is 2.43. The molecule has 2 aliphatic rings. The summed E-state index contributed by atoms with van der Waals surface area (Å²) in [7, 11) is 1.67. The molecule has 0 radical (unpaired) electrons. The van der Waals surface area contributed by atoms with Gasteiger partial charge in [-0.1, -0.05) is 30.3 Å². The average Bonchev–Trinajstić information content (AvgIpc) is 2.70. The Labute approximate surface area is 157 Å². The Kier molecular flexibility index (Phi) is 7.46. The molecule has 2 fully saturated rings. The third kappa shape index (κ3) is 4.84. The summed E-state index contributed by atoms with van der Waals surface area (Å²) in [5.41, 5.74) is 1.47. The summed E-state index contributed by atoms with van der Waals surface area (Å²) >= 11 is 0. The SMILES string of the molecule is COCCOCOC1CCN(C2(c3ccccc3)CCC(O)CC2)CC1. The van der Waals surface area contributed by atoms with E-state index in [2.05, 4.69) is 35.2 Å². The van der Waals surface area contributed by atoms with E-state index in [0.29, 0.717) is 20.0 Å². The predicted molar refractivity (Wildman–Crippen MR) is 101 cm³/mol. The van der Waals surface area contributed by atoms with Gasteiger partial charge >= 0.3 is 0 Å². The van der Waals surface area contributed by atoms with Gasteiger partial charge < -0.3 is 19.3 Å². The number of aliphatic hydroxyl groups excluding tert-OH is 1. The van der Waals surface area contributed by atoms with Crippen LogP contribution in [0.3, 0.4) is 0 Å². The lowest BCUT2D eigenvalue weighted by Crippen LogP contribution is -2.53. The number of benzene rings is 1. The molecule has 1 heterocycles. The molecule has 0 bridgehead atoms. The van der Waals surface area contributed by atoms with Crippen molar-refractivity contribution in [2.45, 2.75) is 56.3 Å². The van der Waals surface area contributed by atoms with Gasteiger partial charge in [-0.2, -0.15) is 0 Å². The molecule has 0 unspecified atom stereocenters. The van der Waals surface area contributed by atoms with Crippen LogP contribution in [0.4, 0.5) is 0 Å². The van der Waals surface area contributed by atoms with E-state index < -0.39 is 0 Å². The minimum atomic E-state index is -0.142. The summed E-state index contributed by atoms with van der Waals surface area (Å²) in [5, 5.41) is 10.0. The molecule has 1 aromatic rings. The monoisotopic (exact) mass is 363 g/mol. The number of hydrogen-bond acceptors (Lipinski definition) is 5. The molecule has 3 rings (SSSR count). The van der Waals surface area contributed by atoms with Gasteiger partial charge in [0.15, 0.2) is 0 Å². The highest BCUT2D eigenvalue weighted by Gasteiger charge is 2.42. The van der Waals surface area contributed by atoms with Crippen LogP contribution in [0.25, 0.3) is 0 Å². The molecular weight excluding hydrogens is 330 g/mol. The molecule has 5 heteroatoms. The third-order valence-corrected chi connectivity index (χ3v) is 5.96. The largest absolute Gasteiger partial charge is 0.393 e. The minimum absolute atomic E-state index is 0.0699. The highest BCUT2D eigenvalue weighted by molar-refractivity contribution is 5.26. The second kappa shape index (κ2) is 9.81. The van der Waals surface area contributed by atoms with Crippen LogP contribution >= 0.6 is 0 Å². The van der Waals surface area contributed by atoms with Crippen LogP contribution in [-0.4, -0.2) is 62.4 Å². The molecule has 26 heavy (non-hydrogen) atoms. The second-order valence-electron chi connectivity index (χ2n) is 7.50. The van der Waals surface area contributed by atoms with Crippen molar-refractivity contribution in [3.8, 4) is 0 Å². The molecule has 1 N–H and O–H groups in total. The third-order valence-electron chi connectivity index (χ3n) is 5.96. The first kappa shape index (κ1) is 19.8. The summed E-state index contributed by atoms with van der Waals surface area (Å²) in [6.45, 7) is 3.60. The van der Waals surface area contributed by atoms with E-state index >= 15 is 0 Å². The molecule has 0 amide bonds. The standard InChI is InChI=1S/C21H33NO4/c1-24-15-16-25-17-26-20-9-13-22(14-10-20)21(11-7-19(23)8-12-21)18-5-3-2-4-6-18/h2-6,19-20,23H,7-17H2,1H3. The molecule has 1 aromatic carbocycles. The summed E-state index contributed by atoms with van der Waals surface area (Å²) in [6, 6.07) is 10.9. The first-order chi connectivity index (χ1) is 12.7. The Morgan fingerprint density at radius 2 is 1.73 bits per heavy atom. The van der Waals surface area contributed by atoms with Crippen molar-refractivity contribution in [2.24, 2.45) is 0 Å². The topological polar surface area (TPSA) is 51.2 Å². The van der Waals surface area contributed by atoms with Gasteiger partial charge in [0.2, 0.25) is 0 Å². The Bertz CT molecular complexity index is 508. The van der Waals surface area contributed by atoms with E-state index in [1.165, 1.54) is 5.56 Å². The first-order valence-corrected chi connectivity index (χ1v) is 9.91. The van der Waals surface area contributed by atoms with Crippen molar-refractivity contribution < 1.29 is 19.3 Å². The van der Waals surface area contributed by atoms with E-state index in [1.54, 1.807) is 7.11 Å². The maximum absolute atomic E-state index is 10.0. The van der Waals surface area contributed by atoms with Gasteiger partial charge in [-0.25, -0.2) is 0 Å². The summed E-state index contributed by atoms with van der Waals surface area (Å²) < 4.78 is 16.3. The van der Waals surface area contributed by atoms with Gasteiger partial charge in [-0.3, -0.25) is 4.90 Å². The Balaban J connectivity index is 1.56. The molecule has 0 spiro atoms. The van der Waals surface area contributed by atoms with Crippen molar-refractivity contribution in [1.82, 2.24) is 4.90 Å². The molecule has 146 valence electrons. The van der Waals surface area contributed by atoms with Crippen LogP contribution in [0.1, 0.15) is 44.1 Å².